The lowest BCUT2D eigenvalue weighted by atomic mass is 10.2. The zero-order chi connectivity index (χ0) is 8.27. The molecule has 4 heteroatoms. The third-order valence-electron chi connectivity index (χ3n) is 1.28. The fourth-order valence-corrected chi connectivity index (χ4v) is 0.673. The first-order valence-corrected chi connectivity index (χ1v) is 3.09. The van der Waals surface area contributed by atoms with Crippen molar-refractivity contribution in [2.75, 3.05) is 6.67 Å². The number of aromatic nitrogens is 1. The van der Waals surface area contributed by atoms with E-state index in [1.54, 1.807) is 0 Å². The maximum absolute atomic E-state index is 12.2. The number of pyridine rings is 1. The summed E-state index contributed by atoms with van der Waals surface area (Å²) in [5.74, 6) is -0.639. The molecule has 1 atom stereocenters. The first-order valence-electron chi connectivity index (χ1n) is 3.09. The Morgan fingerprint density at radius 3 is 2.73 bits per heavy atom. The molecule has 2 nitrogen and oxygen atoms in total. The van der Waals surface area contributed by atoms with Gasteiger partial charge in [0.05, 0.1) is 0 Å². The van der Waals surface area contributed by atoms with E-state index in [-0.39, 0.29) is 5.56 Å². The summed E-state index contributed by atoms with van der Waals surface area (Å²) in [7, 11) is 0. The van der Waals surface area contributed by atoms with E-state index in [1.165, 1.54) is 6.07 Å². The van der Waals surface area contributed by atoms with Crippen LogP contribution < -0.4 is 0 Å². The number of nitrogens with zero attached hydrogens (tertiary/aromatic N) is 1. The van der Waals surface area contributed by atoms with Crippen LogP contribution in [0.5, 0.6) is 0 Å². The average Bonchev–Trinajstić information content (AvgIpc) is 2.05. The lowest BCUT2D eigenvalue weighted by molar-refractivity contribution is 0.141. The van der Waals surface area contributed by atoms with Gasteiger partial charge in [0.1, 0.15) is 12.8 Å². The zero-order valence-corrected chi connectivity index (χ0v) is 5.67. The maximum Gasteiger partial charge on any atom is 0.212 e. The molecule has 0 aromatic carbocycles. The minimum Gasteiger partial charge on any atom is -0.386 e. The van der Waals surface area contributed by atoms with Crippen LogP contribution in [0, 0.1) is 5.95 Å². The Morgan fingerprint density at radius 1 is 1.55 bits per heavy atom. The summed E-state index contributed by atoms with van der Waals surface area (Å²) >= 11 is 0. The van der Waals surface area contributed by atoms with Gasteiger partial charge in [0.15, 0.2) is 0 Å². The van der Waals surface area contributed by atoms with Gasteiger partial charge in [0.25, 0.3) is 0 Å². The highest BCUT2D eigenvalue weighted by Crippen LogP contribution is 2.11. The predicted molar refractivity (Wildman–Crippen MR) is 35.1 cm³/mol. The summed E-state index contributed by atoms with van der Waals surface area (Å²) in [4.78, 5) is 3.25. The number of hydrogen-bond acceptors (Lipinski definition) is 2. The molecule has 0 aliphatic carbocycles. The fraction of sp³-hybridized carbons (Fsp3) is 0.286. The van der Waals surface area contributed by atoms with Gasteiger partial charge < -0.3 is 5.11 Å². The minimum absolute atomic E-state index is 0.286. The SMILES string of the molecule is OC(CF)c1ccc(F)nc1. The number of halogens is 2. The third-order valence-corrected chi connectivity index (χ3v) is 1.28. The van der Waals surface area contributed by atoms with Crippen LogP contribution in [0.4, 0.5) is 8.78 Å². The van der Waals surface area contributed by atoms with E-state index in [1.807, 2.05) is 0 Å². The summed E-state index contributed by atoms with van der Waals surface area (Å²) in [6, 6.07) is 2.38. The molecule has 1 heterocycles. The quantitative estimate of drug-likeness (QED) is 0.658. The van der Waals surface area contributed by atoms with Crippen molar-refractivity contribution in [1.82, 2.24) is 4.98 Å². The van der Waals surface area contributed by atoms with Crippen molar-refractivity contribution >= 4 is 0 Å². The summed E-state index contributed by atoms with van der Waals surface area (Å²) in [5, 5.41) is 8.88. The largest absolute Gasteiger partial charge is 0.386 e. The lowest BCUT2D eigenvalue weighted by Crippen LogP contribution is -1.99. The average molecular weight is 159 g/mol. The van der Waals surface area contributed by atoms with E-state index < -0.39 is 18.7 Å². The van der Waals surface area contributed by atoms with Gasteiger partial charge in [-0.1, -0.05) is 6.07 Å². The molecule has 1 aromatic rings. The second kappa shape index (κ2) is 3.39. The van der Waals surface area contributed by atoms with E-state index in [2.05, 4.69) is 4.98 Å². The van der Waals surface area contributed by atoms with Crippen LogP contribution in [0.25, 0.3) is 0 Å². The van der Waals surface area contributed by atoms with Crippen molar-refractivity contribution in [3.63, 3.8) is 0 Å². The summed E-state index contributed by atoms with van der Waals surface area (Å²) in [6.45, 7) is -0.882. The zero-order valence-electron chi connectivity index (χ0n) is 5.67. The van der Waals surface area contributed by atoms with Crippen LogP contribution in [-0.2, 0) is 0 Å². The van der Waals surface area contributed by atoms with Gasteiger partial charge in [0, 0.05) is 11.8 Å². The van der Waals surface area contributed by atoms with Crippen LogP contribution in [0.15, 0.2) is 18.3 Å². The first-order chi connectivity index (χ1) is 5.24. The topological polar surface area (TPSA) is 33.1 Å². The van der Waals surface area contributed by atoms with Crippen LogP contribution in [0.3, 0.4) is 0 Å². The van der Waals surface area contributed by atoms with E-state index in [0.29, 0.717) is 0 Å². The maximum atomic E-state index is 12.2. The van der Waals surface area contributed by atoms with E-state index in [9.17, 15) is 8.78 Å². The number of hydrogen-bond donors (Lipinski definition) is 1. The van der Waals surface area contributed by atoms with Gasteiger partial charge in [-0.05, 0) is 6.07 Å². The number of aliphatic hydroxyl groups is 1. The van der Waals surface area contributed by atoms with Gasteiger partial charge in [-0.15, -0.1) is 0 Å². The van der Waals surface area contributed by atoms with Crippen molar-refractivity contribution in [3.05, 3.63) is 29.8 Å². The lowest BCUT2D eigenvalue weighted by Gasteiger charge is -2.03. The second-order valence-electron chi connectivity index (χ2n) is 2.08. The molecule has 0 spiro atoms. The van der Waals surface area contributed by atoms with Crippen molar-refractivity contribution in [2.45, 2.75) is 6.10 Å². The molecule has 0 saturated carbocycles. The van der Waals surface area contributed by atoms with Crippen LogP contribution in [0.2, 0.25) is 0 Å². The Balaban J connectivity index is 2.81. The van der Waals surface area contributed by atoms with E-state index in [0.717, 1.165) is 12.3 Å². The molecular weight excluding hydrogens is 152 g/mol. The Labute approximate surface area is 62.5 Å². The normalized spacial score (nSPS) is 13.0. The highest BCUT2D eigenvalue weighted by molar-refractivity contribution is 5.12. The minimum atomic E-state index is -1.19. The molecule has 1 unspecified atom stereocenters. The molecule has 0 bridgehead atoms. The second-order valence-corrected chi connectivity index (χ2v) is 2.08. The molecular formula is C7H7F2NO. The van der Waals surface area contributed by atoms with Gasteiger partial charge in [0.2, 0.25) is 5.95 Å². The van der Waals surface area contributed by atoms with Crippen LogP contribution in [0.1, 0.15) is 11.7 Å². The smallest absolute Gasteiger partial charge is 0.212 e. The van der Waals surface area contributed by atoms with Gasteiger partial charge in [-0.2, -0.15) is 4.39 Å². The molecule has 0 amide bonds. The molecule has 0 aliphatic rings. The van der Waals surface area contributed by atoms with Gasteiger partial charge in [-0.25, -0.2) is 9.37 Å². The molecule has 1 N–H and O–H groups in total. The monoisotopic (exact) mass is 159 g/mol. The number of aliphatic hydroxyl groups excluding tert-OH is 1. The van der Waals surface area contributed by atoms with Crippen molar-refractivity contribution in [1.29, 1.82) is 0 Å². The van der Waals surface area contributed by atoms with Crippen molar-refractivity contribution < 1.29 is 13.9 Å². The predicted octanol–water partition coefficient (Wildman–Crippen LogP) is 1.22. The van der Waals surface area contributed by atoms with Crippen LogP contribution in [-0.4, -0.2) is 16.8 Å². The Kier molecular flexibility index (Phi) is 2.48. The summed E-state index contributed by atoms with van der Waals surface area (Å²) < 4.78 is 24.0. The standard InChI is InChI=1S/C7H7F2NO/c8-3-6(11)5-1-2-7(9)10-4-5/h1-2,4,6,11H,3H2. The van der Waals surface area contributed by atoms with Gasteiger partial charge in [-0.3, -0.25) is 0 Å². The first kappa shape index (κ1) is 8.07. The Hall–Kier alpha value is -1.03. The summed E-state index contributed by atoms with van der Waals surface area (Å²) in [5.41, 5.74) is 0.286. The summed E-state index contributed by atoms with van der Waals surface area (Å²) in [6.07, 6.45) is -0.0809. The Morgan fingerprint density at radius 2 is 2.27 bits per heavy atom. The van der Waals surface area contributed by atoms with E-state index >= 15 is 0 Å². The van der Waals surface area contributed by atoms with E-state index in [4.69, 9.17) is 5.11 Å². The third kappa shape index (κ3) is 1.94. The molecule has 0 saturated heterocycles. The van der Waals surface area contributed by atoms with Crippen molar-refractivity contribution in [3.8, 4) is 0 Å². The molecule has 0 aliphatic heterocycles. The highest BCUT2D eigenvalue weighted by atomic mass is 19.1. The van der Waals surface area contributed by atoms with Gasteiger partial charge >= 0.3 is 0 Å². The molecule has 11 heavy (non-hydrogen) atoms. The highest BCUT2D eigenvalue weighted by Gasteiger charge is 2.06. The Bertz CT molecular complexity index is 224. The van der Waals surface area contributed by atoms with Crippen LogP contribution >= 0.6 is 0 Å². The molecule has 1 aromatic heterocycles. The molecule has 1 rings (SSSR count). The number of rotatable bonds is 2. The molecule has 60 valence electrons. The molecule has 0 radical (unpaired) electrons. The fourth-order valence-electron chi connectivity index (χ4n) is 0.673. The molecule has 0 fully saturated rings. The van der Waals surface area contributed by atoms with Crippen molar-refractivity contribution in [2.24, 2.45) is 0 Å². The number of alkyl halides is 1.